The fourth-order valence-electron chi connectivity index (χ4n) is 3.77. The predicted octanol–water partition coefficient (Wildman–Crippen LogP) is 3.69. The van der Waals surface area contributed by atoms with E-state index in [1.807, 2.05) is 30.3 Å². The molecule has 1 aromatic heterocycles. The minimum absolute atomic E-state index is 0.170. The summed E-state index contributed by atoms with van der Waals surface area (Å²) in [5, 5.41) is 4.19. The number of thioether (sulfide) groups is 1. The lowest BCUT2D eigenvalue weighted by atomic mass is 9.72. The molecule has 5 nitrogen and oxygen atoms in total. The monoisotopic (exact) mass is 367 g/mol. The van der Waals surface area contributed by atoms with Gasteiger partial charge in [0.2, 0.25) is 0 Å². The highest BCUT2D eigenvalue weighted by atomic mass is 32.2. The van der Waals surface area contributed by atoms with Gasteiger partial charge in [0.05, 0.1) is 11.5 Å². The maximum Gasteiger partial charge on any atom is 0.257 e. The van der Waals surface area contributed by atoms with Crippen molar-refractivity contribution in [3.05, 3.63) is 63.6 Å². The van der Waals surface area contributed by atoms with Crippen LogP contribution in [0.5, 0.6) is 0 Å². The first-order chi connectivity index (χ1) is 12.5. The van der Waals surface area contributed by atoms with Crippen LogP contribution in [-0.2, 0) is 4.79 Å². The second-order valence-electron chi connectivity index (χ2n) is 6.96. The standard InChI is InChI=1S/C20H21N3O2S/c1-11(2)26-20-22-18-17(19(25)23-20)15(12-7-4-3-5-8-12)16-13(21-18)9-6-10-14(16)24/h3-5,7-9,11,15-16H,6,10H2,1-2H3,(H2,21,22,23,25)/t15-,16-/m1/s1. The minimum Gasteiger partial charge on any atom is -0.343 e. The van der Waals surface area contributed by atoms with E-state index >= 15 is 0 Å². The van der Waals surface area contributed by atoms with E-state index in [2.05, 4.69) is 35.2 Å². The van der Waals surface area contributed by atoms with Crippen molar-refractivity contribution in [3.63, 3.8) is 0 Å². The van der Waals surface area contributed by atoms with Crippen molar-refractivity contribution in [1.82, 2.24) is 9.97 Å². The molecule has 0 saturated heterocycles. The number of hydrogen-bond acceptors (Lipinski definition) is 5. The van der Waals surface area contributed by atoms with Crippen LogP contribution < -0.4 is 10.9 Å². The summed E-state index contributed by atoms with van der Waals surface area (Å²) in [5.74, 6) is 0.100. The number of aromatic nitrogens is 2. The third kappa shape index (κ3) is 2.98. The summed E-state index contributed by atoms with van der Waals surface area (Å²) in [4.78, 5) is 33.2. The average Bonchev–Trinajstić information content (AvgIpc) is 2.60. The molecule has 0 fully saturated rings. The van der Waals surface area contributed by atoms with Gasteiger partial charge in [0.15, 0.2) is 5.16 Å². The lowest BCUT2D eigenvalue weighted by Gasteiger charge is -2.36. The molecule has 0 amide bonds. The van der Waals surface area contributed by atoms with Gasteiger partial charge in [-0.1, -0.05) is 62.0 Å². The number of benzene rings is 1. The average molecular weight is 367 g/mol. The van der Waals surface area contributed by atoms with Crippen molar-refractivity contribution in [3.8, 4) is 0 Å². The summed E-state index contributed by atoms with van der Waals surface area (Å²) in [7, 11) is 0. The first kappa shape index (κ1) is 17.1. The van der Waals surface area contributed by atoms with Gasteiger partial charge in [0, 0.05) is 23.3 Å². The highest BCUT2D eigenvalue weighted by Crippen LogP contribution is 2.44. The van der Waals surface area contributed by atoms with Crippen LogP contribution in [0.1, 0.15) is 43.7 Å². The summed E-state index contributed by atoms with van der Waals surface area (Å²) >= 11 is 1.52. The highest BCUT2D eigenvalue weighted by Gasteiger charge is 2.42. The van der Waals surface area contributed by atoms with Crippen LogP contribution in [0.2, 0.25) is 0 Å². The molecule has 0 spiro atoms. The van der Waals surface area contributed by atoms with Crippen molar-refractivity contribution < 1.29 is 4.79 Å². The Morgan fingerprint density at radius 1 is 1.15 bits per heavy atom. The van der Waals surface area contributed by atoms with E-state index in [9.17, 15) is 9.59 Å². The van der Waals surface area contributed by atoms with Crippen LogP contribution in [0.15, 0.2) is 52.1 Å². The first-order valence-electron chi connectivity index (χ1n) is 8.90. The number of Topliss-reactive ketones (excluding diaryl/α,β-unsaturated/α-hetero) is 1. The maximum atomic E-state index is 13.0. The number of rotatable bonds is 3. The number of H-pyrrole nitrogens is 1. The number of nitrogens with zero attached hydrogens (tertiary/aromatic N) is 1. The number of nitrogens with one attached hydrogen (secondary N) is 2. The number of aromatic amines is 1. The van der Waals surface area contributed by atoms with Gasteiger partial charge in [0.1, 0.15) is 11.6 Å². The molecule has 1 aliphatic carbocycles. The fourth-order valence-corrected chi connectivity index (χ4v) is 4.51. The second kappa shape index (κ2) is 6.76. The molecule has 2 aliphatic rings. The molecule has 4 rings (SSSR count). The van der Waals surface area contributed by atoms with E-state index in [1.165, 1.54) is 11.8 Å². The van der Waals surface area contributed by atoms with Crippen molar-refractivity contribution in [2.45, 2.75) is 43.0 Å². The largest absolute Gasteiger partial charge is 0.343 e. The van der Waals surface area contributed by atoms with E-state index in [1.54, 1.807) is 0 Å². The molecule has 1 aromatic carbocycles. The Bertz CT molecular complexity index is 934. The zero-order chi connectivity index (χ0) is 18.3. The molecular weight excluding hydrogens is 346 g/mol. The van der Waals surface area contributed by atoms with E-state index in [0.29, 0.717) is 28.2 Å². The number of ketones is 1. The van der Waals surface area contributed by atoms with E-state index in [4.69, 9.17) is 0 Å². The number of allylic oxidation sites excluding steroid dienone is 2. The molecule has 0 bridgehead atoms. The molecule has 6 heteroatoms. The number of carbonyl (C=O) groups excluding carboxylic acids is 1. The zero-order valence-electron chi connectivity index (χ0n) is 14.8. The van der Waals surface area contributed by atoms with E-state index < -0.39 is 0 Å². The summed E-state index contributed by atoms with van der Waals surface area (Å²) < 4.78 is 0. The quantitative estimate of drug-likeness (QED) is 0.639. The van der Waals surface area contributed by atoms with Crippen molar-refractivity contribution in [1.29, 1.82) is 0 Å². The molecule has 134 valence electrons. The fraction of sp³-hybridized carbons (Fsp3) is 0.350. The lowest BCUT2D eigenvalue weighted by Crippen LogP contribution is -2.38. The molecule has 0 saturated carbocycles. The second-order valence-corrected chi connectivity index (χ2v) is 8.52. The van der Waals surface area contributed by atoms with Gasteiger partial charge < -0.3 is 10.3 Å². The van der Waals surface area contributed by atoms with Crippen molar-refractivity contribution in [2.24, 2.45) is 5.92 Å². The zero-order valence-corrected chi connectivity index (χ0v) is 15.6. The van der Waals surface area contributed by atoms with Crippen LogP contribution in [0.4, 0.5) is 5.82 Å². The van der Waals surface area contributed by atoms with Gasteiger partial charge in [-0.15, -0.1) is 0 Å². The Morgan fingerprint density at radius 2 is 1.92 bits per heavy atom. The SMILES string of the molecule is CC(C)Sc1nc2c(c(=O)[nH]1)[C@H](c1ccccc1)[C@H]1C(=O)CCC=C1N2. The van der Waals surface area contributed by atoms with Crippen LogP contribution in [-0.4, -0.2) is 21.0 Å². The normalized spacial score (nSPS) is 21.7. The van der Waals surface area contributed by atoms with Crippen LogP contribution in [0.3, 0.4) is 0 Å². The molecule has 26 heavy (non-hydrogen) atoms. The maximum absolute atomic E-state index is 13.0. The molecule has 0 radical (unpaired) electrons. The first-order valence-corrected chi connectivity index (χ1v) is 9.78. The van der Waals surface area contributed by atoms with Gasteiger partial charge in [-0.05, 0) is 12.0 Å². The number of carbonyl (C=O) groups is 1. The van der Waals surface area contributed by atoms with Crippen LogP contribution >= 0.6 is 11.8 Å². The Kier molecular flexibility index (Phi) is 4.44. The van der Waals surface area contributed by atoms with Crippen LogP contribution in [0.25, 0.3) is 0 Å². The molecular formula is C20H21N3O2S. The van der Waals surface area contributed by atoms with Crippen molar-refractivity contribution >= 4 is 23.4 Å². The Hall–Kier alpha value is -2.34. The number of fused-ring (bicyclic) bond motifs is 2. The molecule has 1 aliphatic heterocycles. The lowest BCUT2D eigenvalue weighted by molar-refractivity contribution is -0.122. The van der Waals surface area contributed by atoms with Crippen LogP contribution in [0, 0.1) is 5.92 Å². The summed E-state index contributed by atoms with van der Waals surface area (Å²) in [6.07, 6.45) is 3.31. The number of hydrogen-bond donors (Lipinski definition) is 2. The van der Waals surface area contributed by atoms with Gasteiger partial charge in [0.25, 0.3) is 5.56 Å². The van der Waals surface area contributed by atoms with Gasteiger partial charge >= 0.3 is 0 Å². The van der Waals surface area contributed by atoms with E-state index in [-0.39, 0.29) is 23.2 Å². The minimum atomic E-state index is -0.342. The topological polar surface area (TPSA) is 74.8 Å². The summed E-state index contributed by atoms with van der Waals surface area (Å²) in [6.45, 7) is 4.12. The van der Waals surface area contributed by atoms with Gasteiger partial charge in [-0.25, -0.2) is 4.98 Å². The number of anilines is 1. The summed E-state index contributed by atoms with van der Waals surface area (Å²) in [5.41, 5.74) is 2.23. The van der Waals surface area contributed by atoms with Crippen molar-refractivity contribution in [2.75, 3.05) is 5.32 Å². The molecule has 2 atom stereocenters. The molecule has 2 N–H and O–H groups in total. The summed E-state index contributed by atoms with van der Waals surface area (Å²) in [6, 6.07) is 9.79. The Labute approximate surface area is 156 Å². The Balaban J connectivity index is 1.91. The molecule has 0 unspecified atom stereocenters. The van der Waals surface area contributed by atoms with Gasteiger partial charge in [-0.2, -0.15) is 0 Å². The Morgan fingerprint density at radius 3 is 2.65 bits per heavy atom. The highest BCUT2D eigenvalue weighted by molar-refractivity contribution is 7.99. The van der Waals surface area contributed by atoms with Gasteiger partial charge in [-0.3, -0.25) is 9.59 Å². The molecule has 2 heterocycles. The third-order valence-electron chi connectivity index (χ3n) is 4.78. The van der Waals surface area contributed by atoms with E-state index in [0.717, 1.165) is 17.7 Å². The third-order valence-corrected chi connectivity index (χ3v) is 5.67. The predicted molar refractivity (Wildman–Crippen MR) is 104 cm³/mol. The smallest absolute Gasteiger partial charge is 0.257 e. The molecule has 2 aromatic rings.